The van der Waals surface area contributed by atoms with Gasteiger partial charge in [0.25, 0.3) is 0 Å². The summed E-state index contributed by atoms with van der Waals surface area (Å²) in [4.78, 5) is 14.1. The minimum atomic E-state index is -4.57. The molecular weight excluding hydrogens is 439 g/mol. The van der Waals surface area contributed by atoms with E-state index in [0.29, 0.717) is 19.6 Å². The number of hydrogen-bond donors (Lipinski definition) is 2. The maximum absolute atomic E-state index is 13.2. The molecule has 0 unspecified atom stereocenters. The van der Waals surface area contributed by atoms with Crippen LogP contribution in [0.2, 0.25) is 0 Å². The number of benzene rings is 1. The first-order valence-corrected chi connectivity index (χ1v) is 10.8. The fourth-order valence-electron chi connectivity index (χ4n) is 3.72. The Labute approximate surface area is 188 Å². The Bertz CT molecular complexity index is 1120. The zero-order valence-corrected chi connectivity index (χ0v) is 18.0. The molecule has 0 amide bonds. The molecule has 2 N–H and O–H groups in total. The average molecular weight is 465 g/mol. The highest BCUT2D eigenvalue weighted by Crippen LogP contribution is 2.31. The molecular formula is C22H26F3N5O3. The zero-order valence-electron chi connectivity index (χ0n) is 18.0. The van der Waals surface area contributed by atoms with E-state index in [1.165, 1.54) is 0 Å². The van der Waals surface area contributed by atoms with Gasteiger partial charge in [0.1, 0.15) is 12.4 Å². The van der Waals surface area contributed by atoms with Crippen molar-refractivity contribution >= 4 is 11.3 Å². The lowest BCUT2D eigenvalue weighted by Crippen LogP contribution is -2.38. The van der Waals surface area contributed by atoms with Crippen molar-refractivity contribution in [3.8, 4) is 5.75 Å². The number of halogens is 3. The van der Waals surface area contributed by atoms with Gasteiger partial charge in [-0.25, -0.2) is 14.3 Å². The highest BCUT2D eigenvalue weighted by molar-refractivity contribution is 5.68. The largest absolute Gasteiger partial charge is 0.492 e. The molecule has 3 heterocycles. The van der Waals surface area contributed by atoms with Crippen LogP contribution in [-0.4, -0.2) is 65.5 Å². The van der Waals surface area contributed by atoms with Crippen LogP contribution in [-0.2, 0) is 17.3 Å². The number of morpholine rings is 1. The number of pyridine rings is 1. The van der Waals surface area contributed by atoms with Crippen molar-refractivity contribution < 1.29 is 22.6 Å². The number of aromatic amines is 1. The SMILES string of the molecule is O=c1[nH]nc2c(NCCCc3cccc(OCCN4CCOCC4)c3)cc(C(F)(F)F)cn12. The molecule has 4 rings (SSSR count). The van der Waals surface area contributed by atoms with Gasteiger partial charge < -0.3 is 14.8 Å². The average Bonchev–Trinajstić information content (AvgIpc) is 3.18. The Balaban J connectivity index is 1.30. The van der Waals surface area contributed by atoms with Crippen LogP contribution in [0.4, 0.5) is 18.9 Å². The number of H-pyrrole nitrogens is 1. The Kier molecular flexibility index (Phi) is 7.19. The van der Waals surface area contributed by atoms with E-state index in [1.807, 2.05) is 24.3 Å². The van der Waals surface area contributed by atoms with E-state index in [4.69, 9.17) is 9.47 Å². The summed E-state index contributed by atoms with van der Waals surface area (Å²) >= 11 is 0. The maximum atomic E-state index is 13.2. The summed E-state index contributed by atoms with van der Waals surface area (Å²) < 4.78 is 51.6. The topological polar surface area (TPSA) is 83.9 Å². The molecule has 1 saturated heterocycles. The molecule has 0 radical (unpaired) electrons. The first-order valence-electron chi connectivity index (χ1n) is 10.8. The van der Waals surface area contributed by atoms with E-state index >= 15 is 0 Å². The smallest absolute Gasteiger partial charge is 0.417 e. The van der Waals surface area contributed by atoms with E-state index < -0.39 is 17.4 Å². The predicted molar refractivity (Wildman–Crippen MR) is 117 cm³/mol. The highest BCUT2D eigenvalue weighted by Gasteiger charge is 2.32. The fraction of sp³-hybridized carbons (Fsp3) is 0.455. The van der Waals surface area contributed by atoms with Crippen LogP contribution in [0.3, 0.4) is 0 Å². The van der Waals surface area contributed by atoms with Crippen LogP contribution in [0.15, 0.2) is 41.3 Å². The number of aryl methyl sites for hydroxylation is 1. The number of alkyl halides is 3. The van der Waals surface area contributed by atoms with Crippen molar-refractivity contribution in [3.63, 3.8) is 0 Å². The first-order chi connectivity index (χ1) is 15.9. The number of ether oxygens (including phenoxy) is 2. The number of anilines is 1. The molecule has 1 aliphatic heterocycles. The van der Waals surface area contributed by atoms with Gasteiger partial charge in [-0.3, -0.25) is 4.90 Å². The third kappa shape index (κ3) is 6.05. The quantitative estimate of drug-likeness (QED) is 0.473. The van der Waals surface area contributed by atoms with Gasteiger partial charge in [0.15, 0.2) is 5.65 Å². The Hall–Kier alpha value is -3.05. The predicted octanol–water partition coefficient (Wildman–Crippen LogP) is 2.80. The summed E-state index contributed by atoms with van der Waals surface area (Å²) in [6.45, 7) is 5.21. The Morgan fingerprint density at radius 1 is 1.21 bits per heavy atom. The molecule has 0 atom stereocenters. The summed E-state index contributed by atoms with van der Waals surface area (Å²) in [5, 5.41) is 8.98. The van der Waals surface area contributed by atoms with Crippen molar-refractivity contribution in [2.24, 2.45) is 0 Å². The van der Waals surface area contributed by atoms with Crippen LogP contribution >= 0.6 is 0 Å². The summed E-state index contributed by atoms with van der Waals surface area (Å²) in [6, 6.07) is 8.78. The highest BCUT2D eigenvalue weighted by atomic mass is 19.4. The van der Waals surface area contributed by atoms with Crippen molar-refractivity contribution in [2.75, 3.05) is 51.3 Å². The lowest BCUT2D eigenvalue weighted by molar-refractivity contribution is -0.137. The van der Waals surface area contributed by atoms with E-state index in [1.54, 1.807) is 0 Å². The molecule has 0 spiro atoms. The minimum Gasteiger partial charge on any atom is -0.492 e. The van der Waals surface area contributed by atoms with Gasteiger partial charge in [-0.2, -0.15) is 18.3 Å². The minimum absolute atomic E-state index is 0.128. The standard InChI is InChI=1S/C22H26F3N5O3/c23-22(24,25)17-14-19(20-27-28-21(31)30(20)15-17)26-6-2-4-16-3-1-5-18(13-16)33-12-9-29-7-10-32-11-8-29/h1,3,5,13-15,26H,2,4,6-12H2,(H,28,31). The zero-order chi connectivity index (χ0) is 23.3. The normalized spacial score (nSPS) is 15.1. The first kappa shape index (κ1) is 23.1. The molecule has 1 aliphatic rings. The van der Waals surface area contributed by atoms with Crippen LogP contribution in [0.25, 0.3) is 5.65 Å². The molecule has 178 valence electrons. The number of aromatic nitrogens is 3. The number of rotatable bonds is 9. The van der Waals surface area contributed by atoms with Gasteiger partial charge in [0.05, 0.1) is 24.5 Å². The molecule has 0 saturated carbocycles. The van der Waals surface area contributed by atoms with Crippen molar-refractivity contribution in [1.82, 2.24) is 19.5 Å². The van der Waals surface area contributed by atoms with Crippen molar-refractivity contribution in [2.45, 2.75) is 19.0 Å². The molecule has 1 aromatic carbocycles. The summed E-state index contributed by atoms with van der Waals surface area (Å²) in [6.07, 6.45) is -2.43. The van der Waals surface area contributed by atoms with Gasteiger partial charge in [0.2, 0.25) is 0 Å². The van der Waals surface area contributed by atoms with Gasteiger partial charge in [-0.05, 0) is 36.6 Å². The number of fused-ring (bicyclic) bond motifs is 1. The summed E-state index contributed by atoms with van der Waals surface area (Å²) in [5.41, 5.74) is -0.273. The second kappa shape index (κ2) is 10.3. The Morgan fingerprint density at radius 3 is 2.82 bits per heavy atom. The van der Waals surface area contributed by atoms with E-state index in [2.05, 4.69) is 20.4 Å². The molecule has 0 aliphatic carbocycles. The van der Waals surface area contributed by atoms with Crippen LogP contribution < -0.4 is 15.7 Å². The molecule has 2 aromatic heterocycles. The summed E-state index contributed by atoms with van der Waals surface area (Å²) in [5.74, 6) is 0.796. The maximum Gasteiger partial charge on any atom is 0.417 e. The van der Waals surface area contributed by atoms with Gasteiger partial charge in [-0.15, -0.1) is 0 Å². The molecule has 11 heteroatoms. The lowest BCUT2D eigenvalue weighted by atomic mass is 10.1. The van der Waals surface area contributed by atoms with Gasteiger partial charge in [0, 0.05) is 32.4 Å². The second-order valence-electron chi connectivity index (χ2n) is 7.84. The molecule has 8 nitrogen and oxygen atoms in total. The van der Waals surface area contributed by atoms with E-state index in [9.17, 15) is 18.0 Å². The monoisotopic (exact) mass is 465 g/mol. The van der Waals surface area contributed by atoms with Gasteiger partial charge in [-0.1, -0.05) is 12.1 Å². The van der Waals surface area contributed by atoms with E-state index in [0.717, 1.165) is 67.2 Å². The number of hydrogen-bond acceptors (Lipinski definition) is 6. The lowest BCUT2D eigenvalue weighted by Gasteiger charge is -2.26. The summed E-state index contributed by atoms with van der Waals surface area (Å²) in [7, 11) is 0. The fourth-order valence-corrected chi connectivity index (χ4v) is 3.72. The third-order valence-corrected chi connectivity index (χ3v) is 5.48. The van der Waals surface area contributed by atoms with Crippen molar-refractivity contribution in [1.29, 1.82) is 0 Å². The van der Waals surface area contributed by atoms with Crippen LogP contribution in [0, 0.1) is 0 Å². The molecule has 3 aromatic rings. The molecule has 0 bridgehead atoms. The number of nitrogens with zero attached hydrogens (tertiary/aromatic N) is 3. The Morgan fingerprint density at radius 2 is 2.03 bits per heavy atom. The van der Waals surface area contributed by atoms with E-state index in [-0.39, 0.29) is 11.3 Å². The van der Waals surface area contributed by atoms with Crippen LogP contribution in [0.1, 0.15) is 17.5 Å². The van der Waals surface area contributed by atoms with Crippen LogP contribution in [0.5, 0.6) is 5.75 Å². The molecule has 1 fully saturated rings. The van der Waals surface area contributed by atoms with Crippen molar-refractivity contribution in [3.05, 3.63) is 58.1 Å². The van der Waals surface area contributed by atoms with Gasteiger partial charge >= 0.3 is 11.9 Å². The molecule has 33 heavy (non-hydrogen) atoms. The second-order valence-corrected chi connectivity index (χ2v) is 7.84. The third-order valence-electron chi connectivity index (χ3n) is 5.48. The number of nitrogens with one attached hydrogen (secondary N) is 2.